The maximum atomic E-state index is 11.1. The molecule has 1 aliphatic heterocycles. The maximum absolute atomic E-state index is 11.1. The number of nitrogens with one attached hydrogen (secondary N) is 1. The Morgan fingerprint density at radius 1 is 1.62 bits per heavy atom. The van der Waals surface area contributed by atoms with Crippen LogP contribution >= 0.6 is 11.8 Å². The normalized spacial score (nSPS) is 32.8. The summed E-state index contributed by atoms with van der Waals surface area (Å²) in [7, 11) is -0.732. The van der Waals surface area contributed by atoms with E-state index in [4.69, 9.17) is 4.99 Å². The molecule has 1 fully saturated rings. The smallest absolute Gasteiger partial charge is 0.157 e. The number of fused-ring (bicyclic) bond motifs is 1. The minimum Gasteiger partial charge on any atom is -0.362 e. The second-order valence-electron chi connectivity index (χ2n) is 4.79. The average molecular weight is 260 g/mol. The van der Waals surface area contributed by atoms with E-state index in [2.05, 4.69) is 12.2 Å². The molecule has 1 N–H and O–H groups in total. The zero-order valence-electron chi connectivity index (χ0n) is 9.94. The van der Waals surface area contributed by atoms with Crippen LogP contribution in [0.2, 0.25) is 0 Å². The SMILES string of the molecule is CC(CS(C)=O)NC1=NC2CCCC2CS1. The third-order valence-electron chi connectivity index (χ3n) is 3.19. The second-order valence-corrected chi connectivity index (χ2v) is 7.28. The summed E-state index contributed by atoms with van der Waals surface area (Å²) in [4.78, 5) is 4.76. The molecule has 0 saturated heterocycles. The zero-order chi connectivity index (χ0) is 11.5. The van der Waals surface area contributed by atoms with Crippen LogP contribution in [-0.4, -0.2) is 39.2 Å². The largest absolute Gasteiger partial charge is 0.362 e. The van der Waals surface area contributed by atoms with Gasteiger partial charge in [-0.2, -0.15) is 0 Å². The van der Waals surface area contributed by atoms with E-state index in [0.29, 0.717) is 11.8 Å². The lowest BCUT2D eigenvalue weighted by Crippen LogP contribution is -2.38. The summed E-state index contributed by atoms with van der Waals surface area (Å²) in [6.45, 7) is 2.07. The monoisotopic (exact) mass is 260 g/mol. The minimum absolute atomic E-state index is 0.259. The van der Waals surface area contributed by atoms with Crippen molar-refractivity contribution in [3.05, 3.63) is 0 Å². The van der Waals surface area contributed by atoms with E-state index in [-0.39, 0.29) is 6.04 Å². The number of rotatable bonds is 3. The third-order valence-corrected chi connectivity index (χ3v) is 5.25. The van der Waals surface area contributed by atoms with Crippen LogP contribution in [0, 0.1) is 5.92 Å². The molecule has 0 spiro atoms. The van der Waals surface area contributed by atoms with Crippen molar-refractivity contribution in [2.24, 2.45) is 10.9 Å². The van der Waals surface area contributed by atoms with Crippen molar-refractivity contribution >= 4 is 27.7 Å². The molecule has 1 saturated carbocycles. The fourth-order valence-corrected chi connectivity index (χ4v) is 4.48. The molecule has 0 bridgehead atoms. The molecular formula is C11H20N2OS2. The van der Waals surface area contributed by atoms with Gasteiger partial charge in [-0.3, -0.25) is 9.20 Å². The van der Waals surface area contributed by atoms with Crippen molar-refractivity contribution in [3.63, 3.8) is 0 Å². The highest BCUT2D eigenvalue weighted by molar-refractivity contribution is 8.13. The minimum atomic E-state index is -0.732. The molecule has 4 unspecified atom stereocenters. The van der Waals surface area contributed by atoms with Gasteiger partial charge in [0.05, 0.1) is 6.04 Å². The molecule has 2 aliphatic rings. The summed E-state index contributed by atoms with van der Waals surface area (Å²) in [6, 6.07) is 0.818. The average Bonchev–Trinajstić information content (AvgIpc) is 2.63. The van der Waals surface area contributed by atoms with Gasteiger partial charge in [0.25, 0.3) is 0 Å². The number of aliphatic imine (C=N–C) groups is 1. The predicted octanol–water partition coefficient (Wildman–Crippen LogP) is 1.61. The van der Waals surface area contributed by atoms with Gasteiger partial charge in [0.15, 0.2) is 5.17 Å². The van der Waals surface area contributed by atoms with Crippen LogP contribution in [0.15, 0.2) is 4.99 Å². The van der Waals surface area contributed by atoms with Gasteiger partial charge in [-0.05, 0) is 25.7 Å². The summed E-state index contributed by atoms with van der Waals surface area (Å²) >= 11 is 1.83. The van der Waals surface area contributed by atoms with E-state index in [1.165, 1.54) is 25.0 Å². The van der Waals surface area contributed by atoms with Crippen molar-refractivity contribution in [2.75, 3.05) is 17.8 Å². The molecule has 5 heteroatoms. The quantitative estimate of drug-likeness (QED) is 0.838. The van der Waals surface area contributed by atoms with Crippen LogP contribution in [0.1, 0.15) is 26.2 Å². The van der Waals surface area contributed by atoms with Crippen LogP contribution in [0.5, 0.6) is 0 Å². The number of amidine groups is 1. The molecule has 0 radical (unpaired) electrons. The molecule has 0 aromatic rings. The second kappa shape index (κ2) is 5.54. The Morgan fingerprint density at radius 2 is 2.44 bits per heavy atom. The summed E-state index contributed by atoms with van der Waals surface area (Å²) in [5.74, 6) is 2.72. The van der Waals surface area contributed by atoms with Crippen molar-refractivity contribution in [1.29, 1.82) is 0 Å². The summed E-state index contributed by atoms with van der Waals surface area (Å²) in [5.41, 5.74) is 0. The van der Waals surface area contributed by atoms with Crippen molar-refractivity contribution in [1.82, 2.24) is 5.32 Å². The van der Waals surface area contributed by atoms with Crippen molar-refractivity contribution in [2.45, 2.75) is 38.3 Å². The van der Waals surface area contributed by atoms with Gasteiger partial charge < -0.3 is 5.32 Å². The van der Waals surface area contributed by atoms with Gasteiger partial charge in [-0.1, -0.05) is 18.2 Å². The highest BCUT2D eigenvalue weighted by Gasteiger charge is 2.31. The lowest BCUT2D eigenvalue weighted by atomic mass is 10.1. The molecule has 0 aromatic heterocycles. The van der Waals surface area contributed by atoms with Crippen LogP contribution in [0.3, 0.4) is 0 Å². The van der Waals surface area contributed by atoms with Crippen LogP contribution < -0.4 is 5.32 Å². The van der Waals surface area contributed by atoms with E-state index < -0.39 is 10.8 Å². The summed E-state index contributed by atoms with van der Waals surface area (Å²) < 4.78 is 11.1. The van der Waals surface area contributed by atoms with Crippen molar-refractivity contribution in [3.8, 4) is 0 Å². The Bertz CT molecular complexity index is 306. The summed E-state index contributed by atoms with van der Waals surface area (Å²) in [6.07, 6.45) is 5.69. The maximum Gasteiger partial charge on any atom is 0.157 e. The van der Waals surface area contributed by atoms with E-state index >= 15 is 0 Å². The first-order valence-electron chi connectivity index (χ1n) is 5.92. The van der Waals surface area contributed by atoms with Crippen LogP contribution in [-0.2, 0) is 10.8 Å². The molecule has 4 atom stereocenters. The Morgan fingerprint density at radius 3 is 3.19 bits per heavy atom. The molecule has 0 aromatic carbocycles. The summed E-state index contributed by atoms with van der Waals surface area (Å²) in [5, 5.41) is 4.45. The molecule has 92 valence electrons. The van der Waals surface area contributed by atoms with Gasteiger partial charge in [-0.25, -0.2) is 0 Å². The van der Waals surface area contributed by atoms with Crippen LogP contribution in [0.4, 0.5) is 0 Å². The number of thioether (sulfide) groups is 1. The van der Waals surface area contributed by atoms with Gasteiger partial charge in [0.2, 0.25) is 0 Å². The predicted molar refractivity (Wildman–Crippen MR) is 72.6 cm³/mol. The lowest BCUT2D eigenvalue weighted by molar-refractivity contribution is 0.531. The molecular weight excluding hydrogens is 240 g/mol. The number of hydrogen-bond acceptors (Lipinski definition) is 4. The highest BCUT2D eigenvalue weighted by atomic mass is 32.2. The fourth-order valence-electron chi connectivity index (χ4n) is 2.44. The van der Waals surface area contributed by atoms with Gasteiger partial charge in [0, 0.05) is 34.6 Å². The van der Waals surface area contributed by atoms with E-state index in [1.807, 2.05) is 11.8 Å². The molecule has 0 amide bonds. The first-order valence-corrected chi connectivity index (χ1v) is 8.63. The van der Waals surface area contributed by atoms with Gasteiger partial charge in [0.1, 0.15) is 0 Å². The van der Waals surface area contributed by atoms with E-state index in [0.717, 1.165) is 11.1 Å². The lowest BCUT2D eigenvalue weighted by Gasteiger charge is -2.25. The molecule has 16 heavy (non-hydrogen) atoms. The third kappa shape index (κ3) is 3.23. The Kier molecular flexibility index (Phi) is 4.30. The Labute approximate surface area is 104 Å². The Balaban J connectivity index is 1.88. The molecule has 2 rings (SSSR count). The standard InChI is InChI=1S/C11H20N2OS2/c1-8(7-16(2)14)12-11-13-10-5-3-4-9(10)6-15-11/h8-10H,3-7H2,1-2H3,(H,12,13). The highest BCUT2D eigenvalue weighted by Crippen LogP contribution is 2.34. The Hall–Kier alpha value is -0.0300. The number of hydrogen-bond donors (Lipinski definition) is 1. The fraction of sp³-hybridized carbons (Fsp3) is 0.909. The van der Waals surface area contributed by atoms with Crippen molar-refractivity contribution < 1.29 is 4.21 Å². The first-order chi connectivity index (χ1) is 7.65. The van der Waals surface area contributed by atoms with E-state index in [9.17, 15) is 4.21 Å². The van der Waals surface area contributed by atoms with Crippen LogP contribution in [0.25, 0.3) is 0 Å². The first kappa shape index (κ1) is 12.4. The molecule has 3 nitrogen and oxygen atoms in total. The van der Waals surface area contributed by atoms with E-state index in [1.54, 1.807) is 6.26 Å². The molecule has 1 heterocycles. The van der Waals surface area contributed by atoms with Gasteiger partial charge in [-0.15, -0.1) is 0 Å². The zero-order valence-corrected chi connectivity index (χ0v) is 11.6. The van der Waals surface area contributed by atoms with Gasteiger partial charge >= 0.3 is 0 Å². The number of nitrogens with zero attached hydrogens (tertiary/aromatic N) is 1. The topological polar surface area (TPSA) is 41.5 Å². The molecule has 1 aliphatic carbocycles.